The molecule has 0 saturated heterocycles. The molecule has 3 N–H and O–H groups in total. The Morgan fingerprint density at radius 3 is 2.64 bits per heavy atom. The number of guanidine groups is 1. The standard InChI is InChI=1S/C18H26N4O4S2/c1-14(26-16-7-4-6-15(12-16)25-3)13-21-18(19-2)20-9-10-22-28(23,24)17-8-5-11-27-17/h4-8,11-12,14,22H,9-10,13H2,1-3H3,(H2,19,20,21). The minimum Gasteiger partial charge on any atom is -0.497 e. The zero-order valence-electron chi connectivity index (χ0n) is 16.1. The first-order valence-corrected chi connectivity index (χ1v) is 11.1. The second-order valence-electron chi connectivity index (χ2n) is 5.82. The first-order chi connectivity index (χ1) is 13.4. The monoisotopic (exact) mass is 426 g/mol. The molecular formula is C18H26N4O4S2. The van der Waals surface area contributed by atoms with Gasteiger partial charge in [0.1, 0.15) is 21.8 Å². The van der Waals surface area contributed by atoms with E-state index >= 15 is 0 Å². The highest BCUT2D eigenvalue weighted by molar-refractivity contribution is 7.91. The van der Waals surface area contributed by atoms with Gasteiger partial charge in [-0.25, -0.2) is 13.1 Å². The molecule has 10 heteroatoms. The van der Waals surface area contributed by atoms with Crippen LogP contribution < -0.4 is 24.8 Å². The molecule has 0 saturated carbocycles. The van der Waals surface area contributed by atoms with Gasteiger partial charge in [-0.3, -0.25) is 4.99 Å². The van der Waals surface area contributed by atoms with Crippen molar-refractivity contribution in [2.24, 2.45) is 4.99 Å². The van der Waals surface area contributed by atoms with Crippen LogP contribution in [0.5, 0.6) is 11.5 Å². The van der Waals surface area contributed by atoms with E-state index in [4.69, 9.17) is 9.47 Å². The lowest BCUT2D eigenvalue weighted by atomic mass is 10.3. The molecule has 1 aromatic carbocycles. The van der Waals surface area contributed by atoms with Crippen LogP contribution in [-0.4, -0.2) is 54.3 Å². The normalized spacial score (nSPS) is 13.0. The molecule has 28 heavy (non-hydrogen) atoms. The number of hydrogen-bond acceptors (Lipinski definition) is 6. The lowest BCUT2D eigenvalue weighted by Crippen LogP contribution is -2.44. The molecule has 0 aliphatic heterocycles. The number of rotatable bonds is 10. The molecule has 2 rings (SSSR count). The Labute approximate surface area is 170 Å². The summed E-state index contributed by atoms with van der Waals surface area (Å²) in [4.78, 5) is 4.12. The van der Waals surface area contributed by atoms with E-state index in [2.05, 4.69) is 20.3 Å². The molecule has 154 valence electrons. The van der Waals surface area contributed by atoms with Gasteiger partial charge in [0.2, 0.25) is 10.0 Å². The lowest BCUT2D eigenvalue weighted by molar-refractivity contribution is 0.223. The summed E-state index contributed by atoms with van der Waals surface area (Å²) in [7, 11) is -0.187. The fraction of sp³-hybridized carbons (Fsp3) is 0.389. The summed E-state index contributed by atoms with van der Waals surface area (Å²) < 4.78 is 38.0. The minimum absolute atomic E-state index is 0.108. The number of ether oxygens (including phenoxy) is 2. The molecule has 1 unspecified atom stereocenters. The van der Waals surface area contributed by atoms with E-state index < -0.39 is 10.0 Å². The van der Waals surface area contributed by atoms with Gasteiger partial charge in [0.25, 0.3) is 0 Å². The van der Waals surface area contributed by atoms with E-state index in [1.165, 1.54) is 11.3 Å². The third-order valence-corrected chi connectivity index (χ3v) is 6.49. The van der Waals surface area contributed by atoms with Gasteiger partial charge < -0.3 is 20.1 Å². The van der Waals surface area contributed by atoms with Crippen molar-refractivity contribution in [3.05, 3.63) is 41.8 Å². The smallest absolute Gasteiger partial charge is 0.250 e. The van der Waals surface area contributed by atoms with Crippen molar-refractivity contribution >= 4 is 27.3 Å². The molecule has 2 aromatic rings. The molecule has 1 heterocycles. The Hall–Kier alpha value is -2.30. The van der Waals surface area contributed by atoms with Crippen molar-refractivity contribution < 1.29 is 17.9 Å². The van der Waals surface area contributed by atoms with Crippen molar-refractivity contribution in [2.45, 2.75) is 17.2 Å². The van der Waals surface area contributed by atoms with Crippen LogP contribution in [0.25, 0.3) is 0 Å². The maximum absolute atomic E-state index is 12.0. The number of nitrogens with zero attached hydrogens (tertiary/aromatic N) is 1. The summed E-state index contributed by atoms with van der Waals surface area (Å²) in [6, 6.07) is 10.7. The fourth-order valence-corrected chi connectivity index (χ4v) is 4.33. The van der Waals surface area contributed by atoms with Gasteiger partial charge in [0.05, 0.1) is 13.7 Å². The highest BCUT2D eigenvalue weighted by Gasteiger charge is 2.14. The van der Waals surface area contributed by atoms with Gasteiger partial charge in [0.15, 0.2) is 5.96 Å². The van der Waals surface area contributed by atoms with Crippen LogP contribution in [0.2, 0.25) is 0 Å². The number of benzene rings is 1. The highest BCUT2D eigenvalue weighted by atomic mass is 32.2. The molecule has 0 spiro atoms. The molecule has 0 bridgehead atoms. The Morgan fingerprint density at radius 1 is 1.18 bits per heavy atom. The van der Waals surface area contributed by atoms with Gasteiger partial charge in [-0.2, -0.15) is 0 Å². The Balaban J connectivity index is 1.70. The lowest BCUT2D eigenvalue weighted by Gasteiger charge is -2.18. The largest absolute Gasteiger partial charge is 0.497 e. The quantitative estimate of drug-likeness (QED) is 0.304. The topological polar surface area (TPSA) is 101 Å². The molecule has 0 aliphatic rings. The maximum atomic E-state index is 12.0. The van der Waals surface area contributed by atoms with E-state index in [-0.39, 0.29) is 12.6 Å². The van der Waals surface area contributed by atoms with Crippen LogP contribution in [0.1, 0.15) is 6.92 Å². The van der Waals surface area contributed by atoms with Gasteiger partial charge in [-0.1, -0.05) is 12.1 Å². The predicted octanol–water partition coefficient (Wildman–Crippen LogP) is 1.67. The van der Waals surface area contributed by atoms with Gasteiger partial charge in [-0.15, -0.1) is 11.3 Å². The second-order valence-corrected chi connectivity index (χ2v) is 8.76. The highest BCUT2D eigenvalue weighted by Crippen LogP contribution is 2.19. The molecule has 0 fully saturated rings. The minimum atomic E-state index is -3.45. The van der Waals surface area contributed by atoms with Crippen molar-refractivity contribution in [1.82, 2.24) is 15.4 Å². The van der Waals surface area contributed by atoms with E-state index in [1.54, 1.807) is 31.7 Å². The summed E-state index contributed by atoms with van der Waals surface area (Å²) >= 11 is 1.18. The Morgan fingerprint density at radius 2 is 1.96 bits per heavy atom. The Kier molecular flexibility index (Phi) is 8.55. The molecule has 0 amide bonds. The van der Waals surface area contributed by atoms with Crippen LogP contribution in [-0.2, 0) is 10.0 Å². The van der Waals surface area contributed by atoms with Crippen molar-refractivity contribution in [3.8, 4) is 11.5 Å². The van der Waals surface area contributed by atoms with Gasteiger partial charge >= 0.3 is 0 Å². The summed E-state index contributed by atoms with van der Waals surface area (Å²) in [5.74, 6) is 2.02. The number of nitrogens with one attached hydrogen (secondary N) is 3. The zero-order chi connectivity index (χ0) is 20.4. The van der Waals surface area contributed by atoms with Crippen LogP contribution in [0, 0.1) is 0 Å². The number of methoxy groups -OCH3 is 1. The number of hydrogen-bond donors (Lipinski definition) is 3. The maximum Gasteiger partial charge on any atom is 0.250 e. The molecule has 1 atom stereocenters. The third kappa shape index (κ3) is 7.02. The van der Waals surface area contributed by atoms with Crippen molar-refractivity contribution in [3.63, 3.8) is 0 Å². The Bertz CT molecular complexity index is 854. The molecule has 1 aromatic heterocycles. The van der Waals surface area contributed by atoms with E-state index in [0.29, 0.717) is 23.3 Å². The molecule has 8 nitrogen and oxygen atoms in total. The van der Waals surface area contributed by atoms with Crippen molar-refractivity contribution in [1.29, 1.82) is 0 Å². The fourth-order valence-electron chi connectivity index (χ4n) is 2.26. The van der Waals surface area contributed by atoms with Crippen LogP contribution in [0.4, 0.5) is 0 Å². The predicted molar refractivity (Wildman–Crippen MR) is 112 cm³/mol. The first-order valence-electron chi connectivity index (χ1n) is 8.73. The van der Waals surface area contributed by atoms with Crippen molar-refractivity contribution in [2.75, 3.05) is 33.8 Å². The third-order valence-electron chi connectivity index (χ3n) is 3.63. The van der Waals surface area contributed by atoms with E-state index in [0.717, 1.165) is 11.5 Å². The van der Waals surface area contributed by atoms with Crippen LogP contribution >= 0.6 is 11.3 Å². The average molecular weight is 427 g/mol. The number of thiophene rings is 1. The summed E-state index contributed by atoms with van der Waals surface area (Å²) in [5, 5.41) is 7.94. The SMILES string of the molecule is CN=C(NCCNS(=O)(=O)c1cccs1)NCC(C)Oc1cccc(OC)c1. The van der Waals surface area contributed by atoms with Gasteiger partial charge in [0, 0.05) is 26.2 Å². The average Bonchev–Trinajstić information content (AvgIpc) is 3.23. The van der Waals surface area contributed by atoms with Crippen LogP contribution in [0.3, 0.4) is 0 Å². The van der Waals surface area contributed by atoms with E-state index in [9.17, 15) is 8.42 Å². The molecule has 0 radical (unpaired) electrons. The van der Waals surface area contributed by atoms with Crippen LogP contribution in [0.15, 0.2) is 51.0 Å². The summed E-state index contributed by atoms with van der Waals surface area (Å²) in [6.45, 7) is 3.11. The second kappa shape index (κ2) is 10.9. The van der Waals surface area contributed by atoms with E-state index in [1.807, 2.05) is 31.2 Å². The molecular weight excluding hydrogens is 400 g/mol. The van der Waals surface area contributed by atoms with Gasteiger partial charge in [-0.05, 0) is 30.5 Å². The zero-order valence-corrected chi connectivity index (χ0v) is 17.8. The molecule has 0 aliphatic carbocycles. The number of sulfonamides is 1. The summed E-state index contributed by atoms with van der Waals surface area (Å²) in [6.07, 6.45) is -0.108. The number of aliphatic imine (C=N–C) groups is 1. The first kappa shape index (κ1) is 22.0. The summed E-state index contributed by atoms with van der Waals surface area (Å²) in [5.41, 5.74) is 0.